The predicted molar refractivity (Wildman–Crippen MR) is 157 cm³/mol. The fourth-order valence-electron chi connectivity index (χ4n) is 12.0. The first-order chi connectivity index (χ1) is 19.8. The second-order valence-electron chi connectivity index (χ2n) is 15.6. The van der Waals surface area contributed by atoms with Gasteiger partial charge >= 0.3 is 0 Å². The number of hydrogen-bond donors (Lipinski definition) is 8. The van der Waals surface area contributed by atoms with Crippen LogP contribution in [0.25, 0.3) is 0 Å². The molecule has 9 fully saturated rings. The standard InChI is InChI=1S/C32H56N8.Os/c1-2-10-18-17(9-1)25-33-26(18)38-28-21-13-5-6-14-22(21)30(35-28)40-32-24-16-8-7-15-23(24)31(36-32)39-29-20-12-4-3-11-19(20)27(34-29)37-25;/h17-40H,1-16H2;. The zero-order valence-electron chi connectivity index (χ0n) is 24.9. The Bertz CT molecular complexity index is 716. The Balaban J connectivity index is 0.00000256. The van der Waals surface area contributed by atoms with Crippen molar-refractivity contribution < 1.29 is 19.8 Å². The van der Waals surface area contributed by atoms with Crippen LogP contribution in [-0.2, 0) is 19.8 Å². The molecule has 5 saturated heterocycles. The first kappa shape index (κ1) is 28.8. The molecule has 0 spiro atoms. The molecule has 0 aromatic carbocycles. The summed E-state index contributed by atoms with van der Waals surface area (Å²) in [6.07, 6.45) is 25.6. The molecule has 5 aliphatic heterocycles. The van der Waals surface area contributed by atoms with Crippen molar-refractivity contribution in [3.8, 4) is 0 Å². The van der Waals surface area contributed by atoms with E-state index in [0.29, 0.717) is 49.3 Å². The molecule has 8 nitrogen and oxygen atoms in total. The number of hydrogen-bond acceptors (Lipinski definition) is 8. The van der Waals surface area contributed by atoms with Crippen LogP contribution in [0.1, 0.15) is 103 Å². The van der Waals surface area contributed by atoms with Crippen LogP contribution in [-0.4, -0.2) is 49.3 Å². The Hall–Kier alpha value is 0.316. The maximum Gasteiger partial charge on any atom is 0.0628 e. The Kier molecular flexibility index (Phi) is 8.36. The van der Waals surface area contributed by atoms with Gasteiger partial charge in [0.2, 0.25) is 0 Å². The maximum atomic E-state index is 4.26. The second-order valence-corrected chi connectivity index (χ2v) is 15.6. The van der Waals surface area contributed by atoms with Gasteiger partial charge in [-0.15, -0.1) is 0 Å². The summed E-state index contributed by atoms with van der Waals surface area (Å²) in [4.78, 5) is 0. The zero-order chi connectivity index (χ0) is 26.2. The minimum Gasteiger partial charge on any atom is -0.286 e. The third-order valence-electron chi connectivity index (χ3n) is 13.8. The van der Waals surface area contributed by atoms with Gasteiger partial charge in [0.15, 0.2) is 0 Å². The number of rotatable bonds is 0. The molecule has 8 N–H and O–H groups in total. The van der Waals surface area contributed by atoms with Gasteiger partial charge in [0.25, 0.3) is 0 Å². The molecule has 0 radical (unpaired) electrons. The molecule has 0 aromatic rings. The van der Waals surface area contributed by atoms with E-state index < -0.39 is 0 Å². The maximum absolute atomic E-state index is 4.26. The molecular weight excluding hydrogens is 687 g/mol. The van der Waals surface area contributed by atoms with Crippen molar-refractivity contribution in [3.63, 3.8) is 0 Å². The molecule has 5 heterocycles. The number of fused-ring (bicyclic) bond motifs is 20. The van der Waals surface area contributed by atoms with Crippen LogP contribution in [0.15, 0.2) is 0 Å². The van der Waals surface area contributed by atoms with Gasteiger partial charge in [-0.1, -0.05) is 51.4 Å². The van der Waals surface area contributed by atoms with E-state index in [1.165, 1.54) is 103 Å². The van der Waals surface area contributed by atoms with Gasteiger partial charge in [-0.25, -0.2) is 0 Å². The van der Waals surface area contributed by atoms with E-state index in [-0.39, 0.29) is 19.8 Å². The normalized spacial score (nSPS) is 56.2. The van der Waals surface area contributed by atoms with E-state index in [0.717, 1.165) is 47.3 Å². The van der Waals surface area contributed by atoms with E-state index in [1.54, 1.807) is 0 Å². The van der Waals surface area contributed by atoms with Crippen molar-refractivity contribution in [1.82, 2.24) is 42.5 Å². The van der Waals surface area contributed by atoms with Gasteiger partial charge in [0.1, 0.15) is 0 Å². The molecule has 8 unspecified atom stereocenters. The number of nitrogens with one attached hydrogen (secondary N) is 8. The van der Waals surface area contributed by atoms with Gasteiger partial charge in [-0.3, -0.25) is 42.5 Å². The molecule has 0 aromatic heterocycles. The summed E-state index contributed by atoms with van der Waals surface area (Å²) in [6, 6.07) is 0. The SMILES string of the molecule is C1CCC2C3NC(NC4NC(NC5NC(NC6NC(N3)C3CCCCC63)C3CCCCC53)C3CCCCC43)C2C1.[Os]. The van der Waals surface area contributed by atoms with Gasteiger partial charge in [0, 0.05) is 19.8 Å². The van der Waals surface area contributed by atoms with E-state index in [9.17, 15) is 0 Å². The van der Waals surface area contributed by atoms with Crippen molar-refractivity contribution in [1.29, 1.82) is 0 Å². The summed E-state index contributed by atoms with van der Waals surface area (Å²) in [5.41, 5.74) is 0. The Morgan fingerprint density at radius 3 is 0.463 bits per heavy atom. The molecule has 4 saturated carbocycles. The van der Waals surface area contributed by atoms with Crippen LogP contribution in [0, 0.1) is 47.3 Å². The molecule has 4 aliphatic carbocycles. The van der Waals surface area contributed by atoms with Crippen molar-refractivity contribution in [2.24, 2.45) is 47.3 Å². The minimum absolute atomic E-state index is 0. The molecule has 41 heavy (non-hydrogen) atoms. The van der Waals surface area contributed by atoms with Crippen LogP contribution >= 0.6 is 0 Å². The molecule has 232 valence electrons. The van der Waals surface area contributed by atoms with Crippen molar-refractivity contribution in [3.05, 3.63) is 0 Å². The average molecular weight is 743 g/mol. The molecule has 9 rings (SSSR count). The summed E-state index contributed by atoms with van der Waals surface area (Å²) in [7, 11) is 0. The van der Waals surface area contributed by atoms with E-state index >= 15 is 0 Å². The third-order valence-corrected chi connectivity index (χ3v) is 13.8. The molecular formula is C32H56N8Os. The van der Waals surface area contributed by atoms with Crippen molar-refractivity contribution >= 4 is 0 Å². The van der Waals surface area contributed by atoms with Gasteiger partial charge < -0.3 is 0 Å². The minimum atomic E-state index is 0. The van der Waals surface area contributed by atoms with E-state index in [2.05, 4.69) is 42.5 Å². The summed E-state index contributed by atoms with van der Waals surface area (Å²) < 4.78 is 0. The van der Waals surface area contributed by atoms with Crippen molar-refractivity contribution in [2.75, 3.05) is 0 Å². The Morgan fingerprint density at radius 2 is 0.341 bits per heavy atom. The Labute approximate surface area is 261 Å². The molecule has 8 atom stereocenters. The predicted octanol–water partition coefficient (Wildman–Crippen LogP) is 2.60. The van der Waals surface area contributed by atoms with E-state index in [1.807, 2.05) is 0 Å². The molecule has 0 amide bonds. The van der Waals surface area contributed by atoms with Crippen LogP contribution in [0.4, 0.5) is 0 Å². The largest absolute Gasteiger partial charge is 0.286 e. The zero-order valence-corrected chi connectivity index (χ0v) is 27.4. The van der Waals surface area contributed by atoms with Gasteiger partial charge in [0.05, 0.1) is 49.3 Å². The fraction of sp³-hybridized carbons (Fsp3) is 1.00. The average Bonchev–Trinajstić information content (AvgIpc) is 3.73. The van der Waals surface area contributed by atoms with Crippen LogP contribution in [0.5, 0.6) is 0 Å². The fourth-order valence-corrected chi connectivity index (χ4v) is 12.0. The smallest absolute Gasteiger partial charge is 0.0628 e. The summed E-state index contributed by atoms with van der Waals surface area (Å²) >= 11 is 0. The Morgan fingerprint density at radius 1 is 0.220 bits per heavy atom. The van der Waals surface area contributed by atoms with Crippen LogP contribution in [0.3, 0.4) is 0 Å². The monoisotopic (exact) mass is 744 g/mol. The van der Waals surface area contributed by atoms with Gasteiger partial charge in [-0.2, -0.15) is 0 Å². The second kappa shape index (κ2) is 11.9. The molecule has 9 heteroatoms. The first-order valence-corrected chi connectivity index (χ1v) is 17.9. The van der Waals surface area contributed by atoms with E-state index in [4.69, 9.17) is 0 Å². The van der Waals surface area contributed by atoms with Crippen LogP contribution in [0.2, 0.25) is 0 Å². The molecule has 8 bridgehead atoms. The quantitative estimate of drug-likeness (QED) is 0.192. The van der Waals surface area contributed by atoms with Gasteiger partial charge in [-0.05, 0) is 98.7 Å². The summed E-state index contributed by atoms with van der Waals surface area (Å²) in [6.45, 7) is 0. The van der Waals surface area contributed by atoms with Crippen molar-refractivity contribution in [2.45, 2.75) is 152 Å². The molecule has 9 aliphatic rings. The summed E-state index contributed by atoms with van der Waals surface area (Å²) in [5.74, 6) is 5.97. The topological polar surface area (TPSA) is 96.2 Å². The van der Waals surface area contributed by atoms with Crippen LogP contribution < -0.4 is 42.5 Å². The first-order valence-electron chi connectivity index (χ1n) is 17.9. The third kappa shape index (κ3) is 5.05. The summed E-state index contributed by atoms with van der Waals surface area (Å²) in [5, 5.41) is 33.8.